The smallest absolute Gasteiger partial charge is 0.162 e. The third-order valence-corrected chi connectivity index (χ3v) is 4.06. The van der Waals surface area contributed by atoms with E-state index < -0.39 is 0 Å². The van der Waals surface area contributed by atoms with Gasteiger partial charge in [0.2, 0.25) is 0 Å². The maximum atomic E-state index is 5.95. The van der Waals surface area contributed by atoms with Crippen LogP contribution in [0.5, 0.6) is 11.5 Å². The van der Waals surface area contributed by atoms with Gasteiger partial charge in [0.25, 0.3) is 0 Å². The summed E-state index contributed by atoms with van der Waals surface area (Å²) in [6, 6.07) is 16.4. The fourth-order valence-electron chi connectivity index (χ4n) is 2.87. The zero-order valence-electron chi connectivity index (χ0n) is 15.5. The topological polar surface area (TPSA) is 43.4 Å². The van der Waals surface area contributed by atoms with Gasteiger partial charge in [-0.05, 0) is 60.9 Å². The fraction of sp³-hybridized carbons (Fsp3) is 0.227. The SMILES string of the molecule is COc1ccc(CNc2cc(C)cc(C)c2)cc1OCc1cccnc1. The van der Waals surface area contributed by atoms with E-state index in [1.807, 2.05) is 30.3 Å². The van der Waals surface area contributed by atoms with E-state index in [1.165, 1.54) is 11.1 Å². The lowest BCUT2D eigenvalue weighted by atomic mass is 10.1. The summed E-state index contributed by atoms with van der Waals surface area (Å²) in [6.07, 6.45) is 3.56. The second-order valence-corrected chi connectivity index (χ2v) is 6.37. The van der Waals surface area contributed by atoms with E-state index in [0.717, 1.165) is 34.9 Å². The molecule has 0 fully saturated rings. The minimum Gasteiger partial charge on any atom is -0.493 e. The van der Waals surface area contributed by atoms with Crippen molar-refractivity contribution in [1.29, 1.82) is 0 Å². The van der Waals surface area contributed by atoms with Gasteiger partial charge in [0.05, 0.1) is 7.11 Å². The van der Waals surface area contributed by atoms with Crippen molar-refractivity contribution < 1.29 is 9.47 Å². The molecule has 3 aromatic rings. The molecule has 2 aromatic carbocycles. The first-order chi connectivity index (χ1) is 12.6. The summed E-state index contributed by atoms with van der Waals surface area (Å²) in [4.78, 5) is 4.11. The minimum absolute atomic E-state index is 0.457. The number of aryl methyl sites for hydroxylation is 2. The van der Waals surface area contributed by atoms with Crippen LogP contribution in [-0.2, 0) is 13.2 Å². The van der Waals surface area contributed by atoms with Crippen molar-refractivity contribution in [2.24, 2.45) is 0 Å². The van der Waals surface area contributed by atoms with Crippen molar-refractivity contribution in [2.75, 3.05) is 12.4 Å². The lowest BCUT2D eigenvalue weighted by Gasteiger charge is -2.14. The average Bonchev–Trinajstić information content (AvgIpc) is 2.65. The number of aromatic nitrogens is 1. The number of benzene rings is 2. The predicted octanol–water partition coefficient (Wildman–Crippen LogP) is 4.90. The number of pyridine rings is 1. The molecule has 1 N–H and O–H groups in total. The van der Waals surface area contributed by atoms with E-state index in [1.54, 1.807) is 19.5 Å². The molecule has 0 unspecified atom stereocenters. The van der Waals surface area contributed by atoms with Gasteiger partial charge >= 0.3 is 0 Å². The maximum absolute atomic E-state index is 5.95. The van der Waals surface area contributed by atoms with Crippen molar-refractivity contribution in [3.05, 3.63) is 83.2 Å². The molecule has 0 amide bonds. The average molecular weight is 348 g/mol. The highest BCUT2D eigenvalue weighted by atomic mass is 16.5. The van der Waals surface area contributed by atoms with Crippen LogP contribution in [-0.4, -0.2) is 12.1 Å². The monoisotopic (exact) mass is 348 g/mol. The first-order valence-corrected chi connectivity index (χ1v) is 8.65. The van der Waals surface area contributed by atoms with Gasteiger partial charge in [-0.1, -0.05) is 18.2 Å². The highest BCUT2D eigenvalue weighted by Gasteiger charge is 2.07. The second-order valence-electron chi connectivity index (χ2n) is 6.37. The van der Waals surface area contributed by atoms with Crippen LogP contribution in [0.25, 0.3) is 0 Å². The number of nitrogens with zero attached hydrogens (tertiary/aromatic N) is 1. The highest BCUT2D eigenvalue weighted by molar-refractivity contribution is 5.50. The van der Waals surface area contributed by atoms with Crippen LogP contribution in [0.3, 0.4) is 0 Å². The van der Waals surface area contributed by atoms with E-state index >= 15 is 0 Å². The Kier molecular flexibility index (Phi) is 5.74. The Labute approximate surface area is 154 Å². The normalized spacial score (nSPS) is 10.4. The van der Waals surface area contributed by atoms with E-state index in [9.17, 15) is 0 Å². The van der Waals surface area contributed by atoms with Crippen LogP contribution < -0.4 is 14.8 Å². The molecule has 0 saturated heterocycles. The van der Waals surface area contributed by atoms with Gasteiger partial charge < -0.3 is 14.8 Å². The molecule has 0 saturated carbocycles. The molecule has 3 rings (SSSR count). The molecule has 1 aromatic heterocycles. The summed E-state index contributed by atoms with van der Waals surface area (Å²) in [5, 5.41) is 3.47. The third-order valence-electron chi connectivity index (χ3n) is 4.06. The summed E-state index contributed by atoms with van der Waals surface area (Å²) in [5.41, 5.74) is 5.78. The largest absolute Gasteiger partial charge is 0.493 e. The number of ether oxygens (including phenoxy) is 2. The Balaban J connectivity index is 1.70. The molecule has 0 spiro atoms. The molecule has 134 valence electrons. The Bertz CT molecular complexity index is 843. The minimum atomic E-state index is 0.457. The van der Waals surface area contributed by atoms with E-state index in [-0.39, 0.29) is 0 Å². The van der Waals surface area contributed by atoms with Crippen LogP contribution in [0.2, 0.25) is 0 Å². The molecule has 26 heavy (non-hydrogen) atoms. The number of anilines is 1. The lowest BCUT2D eigenvalue weighted by Crippen LogP contribution is -2.02. The Hall–Kier alpha value is -3.01. The molecule has 0 atom stereocenters. The number of nitrogens with one attached hydrogen (secondary N) is 1. The fourth-order valence-corrected chi connectivity index (χ4v) is 2.87. The molecule has 0 radical (unpaired) electrons. The van der Waals surface area contributed by atoms with Crippen LogP contribution in [0.1, 0.15) is 22.3 Å². The maximum Gasteiger partial charge on any atom is 0.162 e. The molecule has 1 heterocycles. The molecule has 0 aliphatic carbocycles. The Morgan fingerprint density at radius 3 is 2.42 bits per heavy atom. The lowest BCUT2D eigenvalue weighted by molar-refractivity contribution is 0.284. The van der Waals surface area contributed by atoms with Gasteiger partial charge in [-0.3, -0.25) is 4.98 Å². The van der Waals surface area contributed by atoms with Gasteiger partial charge in [0.1, 0.15) is 6.61 Å². The predicted molar refractivity (Wildman–Crippen MR) is 105 cm³/mol. The van der Waals surface area contributed by atoms with Crippen molar-refractivity contribution in [2.45, 2.75) is 27.0 Å². The number of hydrogen-bond donors (Lipinski definition) is 1. The summed E-state index contributed by atoms with van der Waals surface area (Å²) in [6.45, 7) is 5.39. The first-order valence-electron chi connectivity index (χ1n) is 8.65. The number of hydrogen-bond acceptors (Lipinski definition) is 4. The van der Waals surface area contributed by atoms with Gasteiger partial charge in [-0.25, -0.2) is 0 Å². The standard InChI is InChI=1S/C22H24N2O2/c1-16-9-17(2)11-20(10-16)24-14-18-6-7-21(25-3)22(12-18)26-15-19-5-4-8-23-13-19/h4-13,24H,14-15H2,1-3H3. The summed E-state index contributed by atoms with van der Waals surface area (Å²) in [5.74, 6) is 1.46. The van der Waals surface area contributed by atoms with Crippen LogP contribution in [0.4, 0.5) is 5.69 Å². The number of methoxy groups -OCH3 is 1. The zero-order valence-corrected chi connectivity index (χ0v) is 15.5. The molecule has 0 aliphatic heterocycles. The summed E-state index contributed by atoms with van der Waals surface area (Å²) in [7, 11) is 1.65. The third kappa shape index (κ3) is 4.76. The van der Waals surface area contributed by atoms with Crippen molar-refractivity contribution in [3.63, 3.8) is 0 Å². The van der Waals surface area contributed by atoms with Crippen LogP contribution in [0.15, 0.2) is 60.9 Å². The molecule has 4 heteroatoms. The van der Waals surface area contributed by atoms with E-state index in [4.69, 9.17) is 9.47 Å². The summed E-state index contributed by atoms with van der Waals surface area (Å²) >= 11 is 0. The Morgan fingerprint density at radius 2 is 1.73 bits per heavy atom. The Morgan fingerprint density at radius 1 is 0.923 bits per heavy atom. The molecule has 0 bridgehead atoms. The quantitative estimate of drug-likeness (QED) is 0.660. The summed E-state index contributed by atoms with van der Waals surface area (Å²) < 4.78 is 11.4. The van der Waals surface area contributed by atoms with Crippen molar-refractivity contribution in [1.82, 2.24) is 4.98 Å². The van der Waals surface area contributed by atoms with Gasteiger partial charge in [0.15, 0.2) is 11.5 Å². The molecular formula is C22H24N2O2. The van der Waals surface area contributed by atoms with E-state index in [2.05, 4.69) is 42.3 Å². The number of rotatable bonds is 7. The van der Waals surface area contributed by atoms with Crippen LogP contribution >= 0.6 is 0 Å². The molecular weight excluding hydrogens is 324 g/mol. The van der Waals surface area contributed by atoms with Gasteiger partial charge in [0, 0.05) is 30.2 Å². The molecule has 4 nitrogen and oxygen atoms in total. The van der Waals surface area contributed by atoms with Crippen molar-refractivity contribution >= 4 is 5.69 Å². The highest BCUT2D eigenvalue weighted by Crippen LogP contribution is 2.29. The second kappa shape index (κ2) is 8.39. The molecule has 0 aliphatic rings. The van der Waals surface area contributed by atoms with Crippen LogP contribution in [0, 0.1) is 13.8 Å². The van der Waals surface area contributed by atoms with E-state index in [0.29, 0.717) is 6.61 Å². The van der Waals surface area contributed by atoms with Crippen molar-refractivity contribution in [3.8, 4) is 11.5 Å². The van der Waals surface area contributed by atoms with Gasteiger partial charge in [-0.15, -0.1) is 0 Å². The zero-order chi connectivity index (χ0) is 18.4. The van der Waals surface area contributed by atoms with Gasteiger partial charge in [-0.2, -0.15) is 0 Å². The first kappa shape index (κ1) is 17.8.